The minimum absolute atomic E-state index is 0.0839. The van der Waals surface area contributed by atoms with Crippen molar-refractivity contribution in [1.82, 2.24) is 9.88 Å². The standard InChI is InChI=1S/C14H22N4O/c1-3-4-11-5-6-18(9-11)14(19)12-7-10(2)16-13(8-12)17-15/h7-8,11H,3-6,9,15H2,1-2H3,(H,16,17). The van der Waals surface area contributed by atoms with E-state index in [1.165, 1.54) is 12.8 Å². The second-order valence-electron chi connectivity index (χ2n) is 5.22. The fourth-order valence-corrected chi connectivity index (χ4v) is 2.71. The molecule has 1 atom stereocenters. The first-order chi connectivity index (χ1) is 9.13. The largest absolute Gasteiger partial charge is 0.338 e. The van der Waals surface area contributed by atoms with E-state index in [9.17, 15) is 4.79 Å². The minimum Gasteiger partial charge on any atom is -0.338 e. The van der Waals surface area contributed by atoms with Crippen molar-refractivity contribution >= 4 is 11.7 Å². The summed E-state index contributed by atoms with van der Waals surface area (Å²) in [6.07, 6.45) is 3.50. The highest BCUT2D eigenvalue weighted by Crippen LogP contribution is 2.23. The van der Waals surface area contributed by atoms with Crippen molar-refractivity contribution in [3.05, 3.63) is 23.4 Å². The van der Waals surface area contributed by atoms with Gasteiger partial charge in [0.2, 0.25) is 0 Å². The maximum Gasteiger partial charge on any atom is 0.254 e. The highest BCUT2D eigenvalue weighted by Gasteiger charge is 2.26. The molecule has 5 nitrogen and oxygen atoms in total. The van der Waals surface area contributed by atoms with Crippen LogP contribution in [0.25, 0.3) is 0 Å². The molecule has 2 rings (SSSR count). The molecule has 0 aromatic carbocycles. The maximum absolute atomic E-state index is 12.4. The summed E-state index contributed by atoms with van der Waals surface area (Å²) in [6, 6.07) is 3.53. The third-order valence-electron chi connectivity index (χ3n) is 3.62. The molecule has 0 bridgehead atoms. The van der Waals surface area contributed by atoms with E-state index in [2.05, 4.69) is 17.3 Å². The SMILES string of the molecule is CCCC1CCN(C(=O)c2cc(C)nc(NN)c2)C1. The zero-order valence-electron chi connectivity index (χ0n) is 11.6. The summed E-state index contributed by atoms with van der Waals surface area (Å²) in [7, 11) is 0. The van der Waals surface area contributed by atoms with Crippen molar-refractivity contribution in [1.29, 1.82) is 0 Å². The van der Waals surface area contributed by atoms with Gasteiger partial charge >= 0.3 is 0 Å². The van der Waals surface area contributed by atoms with Gasteiger partial charge in [-0.05, 0) is 37.8 Å². The Morgan fingerprint density at radius 3 is 3.05 bits per heavy atom. The van der Waals surface area contributed by atoms with Gasteiger partial charge in [-0.1, -0.05) is 13.3 Å². The predicted molar refractivity (Wildman–Crippen MR) is 75.7 cm³/mol. The van der Waals surface area contributed by atoms with Crippen LogP contribution >= 0.6 is 0 Å². The van der Waals surface area contributed by atoms with E-state index in [0.717, 1.165) is 25.2 Å². The molecule has 1 saturated heterocycles. The number of aromatic nitrogens is 1. The van der Waals surface area contributed by atoms with Crippen LogP contribution in [0.15, 0.2) is 12.1 Å². The van der Waals surface area contributed by atoms with Gasteiger partial charge in [-0.3, -0.25) is 4.79 Å². The smallest absolute Gasteiger partial charge is 0.254 e. The Labute approximate surface area is 114 Å². The molecule has 0 saturated carbocycles. The number of carbonyl (C=O) groups is 1. The van der Waals surface area contributed by atoms with E-state index in [1.807, 2.05) is 17.9 Å². The van der Waals surface area contributed by atoms with Gasteiger partial charge in [-0.15, -0.1) is 0 Å². The lowest BCUT2D eigenvalue weighted by molar-refractivity contribution is 0.0786. The van der Waals surface area contributed by atoms with Crippen molar-refractivity contribution in [2.75, 3.05) is 18.5 Å². The third-order valence-corrected chi connectivity index (χ3v) is 3.62. The van der Waals surface area contributed by atoms with Gasteiger partial charge in [-0.25, -0.2) is 10.8 Å². The monoisotopic (exact) mass is 262 g/mol. The normalized spacial score (nSPS) is 18.7. The van der Waals surface area contributed by atoms with Crippen LogP contribution in [0.2, 0.25) is 0 Å². The lowest BCUT2D eigenvalue weighted by Gasteiger charge is -2.17. The zero-order valence-corrected chi connectivity index (χ0v) is 11.6. The van der Waals surface area contributed by atoms with Crippen LogP contribution in [-0.4, -0.2) is 28.9 Å². The van der Waals surface area contributed by atoms with Gasteiger partial charge in [0.15, 0.2) is 0 Å². The quantitative estimate of drug-likeness (QED) is 0.642. The number of amides is 1. The first-order valence-electron chi connectivity index (χ1n) is 6.88. The van der Waals surface area contributed by atoms with Crippen LogP contribution < -0.4 is 11.3 Å². The molecule has 104 valence electrons. The topological polar surface area (TPSA) is 71.2 Å². The number of nitrogens with two attached hydrogens (primary N) is 1. The lowest BCUT2D eigenvalue weighted by Crippen LogP contribution is -2.29. The van der Waals surface area contributed by atoms with E-state index in [4.69, 9.17) is 5.84 Å². The van der Waals surface area contributed by atoms with E-state index >= 15 is 0 Å². The Morgan fingerprint density at radius 2 is 2.37 bits per heavy atom. The van der Waals surface area contributed by atoms with Gasteiger partial charge < -0.3 is 10.3 Å². The van der Waals surface area contributed by atoms with Crippen molar-refractivity contribution in [2.45, 2.75) is 33.1 Å². The molecule has 19 heavy (non-hydrogen) atoms. The van der Waals surface area contributed by atoms with Gasteiger partial charge in [0.1, 0.15) is 5.82 Å². The Hall–Kier alpha value is -1.62. The van der Waals surface area contributed by atoms with Crippen LogP contribution in [0.1, 0.15) is 42.2 Å². The number of hydrogen-bond donors (Lipinski definition) is 2. The average molecular weight is 262 g/mol. The number of nitrogens with one attached hydrogen (secondary N) is 1. The summed E-state index contributed by atoms with van der Waals surface area (Å²) in [5.74, 6) is 6.64. The number of nitrogen functional groups attached to an aromatic ring is 1. The van der Waals surface area contributed by atoms with Gasteiger partial charge in [0.05, 0.1) is 0 Å². The van der Waals surface area contributed by atoms with Crippen molar-refractivity contribution in [2.24, 2.45) is 11.8 Å². The minimum atomic E-state index is 0.0839. The van der Waals surface area contributed by atoms with Gasteiger partial charge in [-0.2, -0.15) is 0 Å². The molecule has 1 amide bonds. The molecule has 1 fully saturated rings. The van der Waals surface area contributed by atoms with Crippen LogP contribution in [-0.2, 0) is 0 Å². The van der Waals surface area contributed by atoms with Crippen LogP contribution in [0.4, 0.5) is 5.82 Å². The maximum atomic E-state index is 12.4. The molecule has 5 heteroatoms. The second-order valence-corrected chi connectivity index (χ2v) is 5.22. The van der Waals surface area contributed by atoms with Crippen LogP contribution in [0.5, 0.6) is 0 Å². The molecule has 1 aromatic heterocycles. The predicted octanol–water partition coefficient (Wildman–Crippen LogP) is 1.94. The number of likely N-dealkylation sites (tertiary alicyclic amines) is 1. The van der Waals surface area contributed by atoms with Crippen molar-refractivity contribution in [3.8, 4) is 0 Å². The molecule has 1 aliphatic rings. The Morgan fingerprint density at radius 1 is 1.58 bits per heavy atom. The zero-order chi connectivity index (χ0) is 13.8. The number of anilines is 1. The Kier molecular flexibility index (Phi) is 4.37. The fraction of sp³-hybridized carbons (Fsp3) is 0.571. The van der Waals surface area contributed by atoms with E-state index < -0.39 is 0 Å². The van der Waals surface area contributed by atoms with E-state index in [-0.39, 0.29) is 5.91 Å². The summed E-state index contributed by atoms with van der Waals surface area (Å²) in [5.41, 5.74) is 3.96. The molecule has 1 aliphatic heterocycles. The average Bonchev–Trinajstić information content (AvgIpc) is 2.86. The molecule has 0 spiro atoms. The number of hydrazine groups is 1. The summed E-state index contributed by atoms with van der Waals surface area (Å²) in [4.78, 5) is 18.6. The number of carbonyl (C=O) groups excluding carboxylic acids is 1. The number of rotatable bonds is 4. The molecular weight excluding hydrogens is 240 g/mol. The van der Waals surface area contributed by atoms with E-state index in [0.29, 0.717) is 17.3 Å². The third kappa shape index (κ3) is 3.23. The second kappa shape index (κ2) is 6.02. The summed E-state index contributed by atoms with van der Waals surface area (Å²) >= 11 is 0. The molecule has 1 unspecified atom stereocenters. The highest BCUT2D eigenvalue weighted by atomic mass is 16.2. The van der Waals surface area contributed by atoms with Crippen LogP contribution in [0, 0.1) is 12.8 Å². The molecular formula is C14H22N4O. The first-order valence-corrected chi connectivity index (χ1v) is 6.88. The summed E-state index contributed by atoms with van der Waals surface area (Å²) < 4.78 is 0. The highest BCUT2D eigenvalue weighted by molar-refractivity contribution is 5.95. The number of hydrogen-bond acceptors (Lipinski definition) is 4. The fourth-order valence-electron chi connectivity index (χ4n) is 2.71. The van der Waals surface area contributed by atoms with Crippen molar-refractivity contribution < 1.29 is 4.79 Å². The van der Waals surface area contributed by atoms with Crippen molar-refractivity contribution in [3.63, 3.8) is 0 Å². The molecule has 0 aliphatic carbocycles. The first kappa shape index (κ1) is 13.8. The summed E-state index contributed by atoms with van der Waals surface area (Å²) in [5, 5.41) is 0. The van der Waals surface area contributed by atoms with E-state index in [1.54, 1.807) is 6.07 Å². The number of nitrogens with zero attached hydrogens (tertiary/aromatic N) is 2. The Bertz CT molecular complexity index is 461. The van der Waals surface area contributed by atoms with Crippen LogP contribution in [0.3, 0.4) is 0 Å². The molecule has 2 heterocycles. The number of aryl methyl sites for hydroxylation is 1. The van der Waals surface area contributed by atoms with Gasteiger partial charge in [0, 0.05) is 24.3 Å². The van der Waals surface area contributed by atoms with Gasteiger partial charge in [0.25, 0.3) is 5.91 Å². The molecule has 3 N–H and O–H groups in total. The Balaban J connectivity index is 2.10. The number of pyridine rings is 1. The molecule has 0 radical (unpaired) electrons. The summed E-state index contributed by atoms with van der Waals surface area (Å²) in [6.45, 7) is 5.78. The molecule has 1 aromatic rings. The lowest BCUT2D eigenvalue weighted by atomic mass is 10.0.